The molecule has 6 heteroatoms. The number of aromatic nitrogens is 2. The molecule has 0 aliphatic rings. The van der Waals surface area contributed by atoms with Crippen molar-refractivity contribution in [1.82, 2.24) is 10.2 Å². The first-order valence-electron chi connectivity index (χ1n) is 4.03. The third kappa shape index (κ3) is 1.85. The Morgan fingerprint density at radius 2 is 2.00 bits per heavy atom. The number of rotatable bonds is 1. The molecule has 1 heterocycles. The summed E-state index contributed by atoms with van der Waals surface area (Å²) in [7, 11) is 0. The highest BCUT2D eigenvalue weighted by atomic mass is 79.9. The first kappa shape index (κ1) is 10.1. The van der Waals surface area contributed by atoms with Crippen LogP contribution in [0, 0.1) is 11.6 Å². The van der Waals surface area contributed by atoms with Crippen molar-refractivity contribution in [2.24, 2.45) is 0 Å². The molecule has 0 spiro atoms. The SMILES string of the molecule is Nc1cc(-c2cc(F)cc(Br)c2F)[nH]n1. The Morgan fingerprint density at radius 1 is 1.27 bits per heavy atom. The number of anilines is 1. The summed E-state index contributed by atoms with van der Waals surface area (Å²) in [6.45, 7) is 0. The van der Waals surface area contributed by atoms with Gasteiger partial charge in [0.2, 0.25) is 0 Å². The van der Waals surface area contributed by atoms with Crippen LogP contribution >= 0.6 is 15.9 Å². The highest BCUT2D eigenvalue weighted by Gasteiger charge is 2.12. The van der Waals surface area contributed by atoms with Crippen molar-refractivity contribution in [3.63, 3.8) is 0 Å². The van der Waals surface area contributed by atoms with Crippen LogP contribution in [0.15, 0.2) is 22.7 Å². The Hall–Kier alpha value is -1.43. The lowest BCUT2D eigenvalue weighted by Gasteiger charge is -2.02. The molecule has 15 heavy (non-hydrogen) atoms. The van der Waals surface area contributed by atoms with Gasteiger partial charge in [-0.2, -0.15) is 5.10 Å². The van der Waals surface area contributed by atoms with E-state index in [2.05, 4.69) is 26.1 Å². The van der Waals surface area contributed by atoms with Crippen molar-refractivity contribution in [2.75, 3.05) is 5.73 Å². The predicted octanol–water partition coefficient (Wildman–Crippen LogP) is 2.70. The number of benzene rings is 1. The van der Waals surface area contributed by atoms with E-state index >= 15 is 0 Å². The third-order valence-corrected chi connectivity index (χ3v) is 2.46. The molecule has 0 unspecified atom stereocenters. The van der Waals surface area contributed by atoms with Gasteiger partial charge < -0.3 is 5.73 Å². The fraction of sp³-hybridized carbons (Fsp3) is 0. The molecule has 78 valence electrons. The minimum Gasteiger partial charge on any atom is -0.382 e. The van der Waals surface area contributed by atoms with Crippen LogP contribution in [-0.2, 0) is 0 Å². The Labute approximate surface area is 92.4 Å². The number of hydrogen-bond donors (Lipinski definition) is 2. The maximum Gasteiger partial charge on any atom is 0.146 e. The average Bonchev–Trinajstić information content (AvgIpc) is 2.58. The molecule has 0 saturated carbocycles. The van der Waals surface area contributed by atoms with Crippen LogP contribution < -0.4 is 5.73 Å². The van der Waals surface area contributed by atoms with Gasteiger partial charge >= 0.3 is 0 Å². The van der Waals surface area contributed by atoms with Gasteiger partial charge in [0, 0.05) is 11.6 Å². The first-order valence-corrected chi connectivity index (χ1v) is 4.83. The molecule has 0 fully saturated rings. The second kappa shape index (κ2) is 3.62. The molecule has 0 amide bonds. The van der Waals surface area contributed by atoms with Crippen molar-refractivity contribution in [1.29, 1.82) is 0 Å². The van der Waals surface area contributed by atoms with Gasteiger partial charge in [0.25, 0.3) is 0 Å². The van der Waals surface area contributed by atoms with Crippen molar-refractivity contribution in [3.8, 4) is 11.3 Å². The van der Waals surface area contributed by atoms with Crippen LogP contribution in [-0.4, -0.2) is 10.2 Å². The molecular weight excluding hydrogens is 268 g/mol. The molecule has 0 radical (unpaired) electrons. The van der Waals surface area contributed by atoms with Crippen LogP contribution in [0.1, 0.15) is 0 Å². The van der Waals surface area contributed by atoms with Crippen LogP contribution in [0.5, 0.6) is 0 Å². The fourth-order valence-electron chi connectivity index (χ4n) is 1.23. The Bertz CT molecular complexity index is 510. The van der Waals surface area contributed by atoms with Gasteiger partial charge in [0.05, 0.1) is 10.2 Å². The van der Waals surface area contributed by atoms with Gasteiger partial charge in [0.1, 0.15) is 17.5 Å². The van der Waals surface area contributed by atoms with Gasteiger partial charge in [-0.3, -0.25) is 5.10 Å². The second-order valence-corrected chi connectivity index (χ2v) is 3.81. The van der Waals surface area contributed by atoms with Crippen LogP contribution in [0.2, 0.25) is 0 Å². The zero-order valence-electron chi connectivity index (χ0n) is 7.39. The van der Waals surface area contributed by atoms with Crippen molar-refractivity contribution in [3.05, 3.63) is 34.3 Å². The van der Waals surface area contributed by atoms with Crippen LogP contribution in [0.25, 0.3) is 11.3 Å². The number of nitrogen functional groups attached to an aromatic ring is 1. The molecule has 0 bridgehead atoms. The number of H-pyrrole nitrogens is 1. The molecule has 3 nitrogen and oxygen atoms in total. The maximum absolute atomic E-state index is 13.6. The zero-order chi connectivity index (χ0) is 11.0. The van der Waals surface area contributed by atoms with Crippen LogP contribution in [0.3, 0.4) is 0 Å². The van der Waals surface area contributed by atoms with E-state index in [1.165, 1.54) is 6.07 Å². The number of aromatic amines is 1. The smallest absolute Gasteiger partial charge is 0.146 e. The molecule has 0 aliphatic heterocycles. The topological polar surface area (TPSA) is 54.7 Å². The quantitative estimate of drug-likeness (QED) is 0.785. The van der Waals surface area contributed by atoms with Gasteiger partial charge in [-0.25, -0.2) is 8.78 Å². The van der Waals surface area contributed by atoms with Crippen LogP contribution in [0.4, 0.5) is 14.6 Å². The first-order chi connectivity index (χ1) is 7.08. The lowest BCUT2D eigenvalue weighted by molar-refractivity contribution is 0.597. The number of hydrogen-bond acceptors (Lipinski definition) is 2. The zero-order valence-corrected chi connectivity index (χ0v) is 8.98. The van der Waals surface area contributed by atoms with E-state index in [-0.39, 0.29) is 15.9 Å². The summed E-state index contributed by atoms with van der Waals surface area (Å²) in [5, 5.41) is 6.16. The van der Waals surface area contributed by atoms with E-state index < -0.39 is 11.6 Å². The predicted molar refractivity (Wildman–Crippen MR) is 56.1 cm³/mol. The largest absolute Gasteiger partial charge is 0.382 e. The number of halogens is 3. The Kier molecular flexibility index (Phi) is 2.44. The molecular formula is C9H6BrF2N3. The van der Waals surface area contributed by atoms with E-state index in [0.717, 1.165) is 12.1 Å². The molecule has 2 rings (SSSR count). The van der Waals surface area contributed by atoms with Gasteiger partial charge in [-0.1, -0.05) is 0 Å². The Morgan fingerprint density at radius 3 is 2.60 bits per heavy atom. The molecule has 0 saturated heterocycles. The summed E-state index contributed by atoms with van der Waals surface area (Å²) in [6.07, 6.45) is 0. The lowest BCUT2D eigenvalue weighted by atomic mass is 10.1. The van der Waals surface area contributed by atoms with E-state index in [4.69, 9.17) is 5.73 Å². The second-order valence-electron chi connectivity index (χ2n) is 2.96. The molecule has 1 aromatic heterocycles. The highest BCUT2D eigenvalue weighted by molar-refractivity contribution is 9.10. The van der Waals surface area contributed by atoms with Gasteiger partial charge in [-0.15, -0.1) is 0 Å². The standard InChI is InChI=1S/C9H6BrF2N3/c10-6-2-4(11)1-5(9(6)12)7-3-8(13)15-14-7/h1-3H,(H3,13,14,15). The summed E-state index contributed by atoms with van der Waals surface area (Å²) in [6, 6.07) is 3.57. The van der Waals surface area contributed by atoms with E-state index in [0.29, 0.717) is 5.69 Å². The van der Waals surface area contributed by atoms with Crippen molar-refractivity contribution in [2.45, 2.75) is 0 Å². The number of nitrogens with one attached hydrogen (secondary N) is 1. The minimum atomic E-state index is -0.556. The molecule has 0 aliphatic carbocycles. The summed E-state index contributed by atoms with van der Waals surface area (Å²) < 4.78 is 26.7. The van der Waals surface area contributed by atoms with Gasteiger partial charge in [0.15, 0.2) is 0 Å². The van der Waals surface area contributed by atoms with E-state index in [9.17, 15) is 8.78 Å². The normalized spacial score (nSPS) is 10.6. The summed E-state index contributed by atoms with van der Waals surface area (Å²) in [4.78, 5) is 0. The lowest BCUT2D eigenvalue weighted by Crippen LogP contribution is -1.89. The summed E-state index contributed by atoms with van der Waals surface area (Å²) in [5.41, 5.74) is 5.80. The summed E-state index contributed by atoms with van der Waals surface area (Å²) >= 11 is 2.92. The van der Waals surface area contributed by atoms with E-state index in [1.54, 1.807) is 0 Å². The highest BCUT2D eigenvalue weighted by Crippen LogP contribution is 2.28. The van der Waals surface area contributed by atoms with Crippen molar-refractivity contribution >= 4 is 21.7 Å². The number of nitrogens with zero attached hydrogens (tertiary/aromatic N) is 1. The molecule has 0 atom stereocenters. The minimum absolute atomic E-state index is 0.0608. The van der Waals surface area contributed by atoms with E-state index in [1.807, 2.05) is 0 Å². The molecule has 1 aromatic carbocycles. The Balaban J connectivity index is 2.62. The summed E-state index contributed by atoms with van der Waals surface area (Å²) in [5.74, 6) is -0.865. The average molecular weight is 274 g/mol. The maximum atomic E-state index is 13.6. The third-order valence-electron chi connectivity index (χ3n) is 1.88. The monoisotopic (exact) mass is 273 g/mol. The molecule has 3 N–H and O–H groups in total. The van der Waals surface area contributed by atoms with Crippen molar-refractivity contribution < 1.29 is 8.78 Å². The van der Waals surface area contributed by atoms with Gasteiger partial charge in [-0.05, 0) is 28.1 Å². The number of nitrogens with two attached hydrogens (primary N) is 1. The molecule has 2 aromatic rings. The fourth-order valence-corrected chi connectivity index (χ4v) is 1.66.